The molecule has 2 aromatic carbocycles. The summed E-state index contributed by atoms with van der Waals surface area (Å²) in [5.74, 6) is -1.44. The smallest absolute Gasteiger partial charge is 0.387 e. The first kappa shape index (κ1) is 20.6. The quantitative estimate of drug-likeness (QED) is 0.617. The maximum absolute atomic E-state index is 13.5. The summed E-state index contributed by atoms with van der Waals surface area (Å²) < 4.78 is 33.6. The number of pyridine rings is 1. The molecule has 2 heterocycles. The van der Waals surface area contributed by atoms with Crippen LogP contribution in [0.3, 0.4) is 0 Å². The third-order valence-electron chi connectivity index (χ3n) is 6.51. The lowest BCUT2D eigenvalue weighted by atomic mass is 9.96. The predicted molar refractivity (Wildman–Crippen MR) is 115 cm³/mol. The van der Waals surface area contributed by atoms with Crippen LogP contribution in [0.15, 0.2) is 41.3 Å². The van der Waals surface area contributed by atoms with Crippen molar-refractivity contribution in [1.29, 1.82) is 0 Å². The number of halogens is 2. The van der Waals surface area contributed by atoms with E-state index >= 15 is 0 Å². The van der Waals surface area contributed by atoms with E-state index in [1.807, 2.05) is 25.2 Å². The number of ether oxygens (including phenoxy) is 1. The Morgan fingerprint density at radius 3 is 2.62 bits per heavy atom. The van der Waals surface area contributed by atoms with Gasteiger partial charge in [0.1, 0.15) is 5.56 Å². The van der Waals surface area contributed by atoms with E-state index in [0.717, 1.165) is 24.9 Å². The molecule has 166 valence electrons. The molecule has 1 atom stereocenters. The molecule has 1 aliphatic heterocycles. The van der Waals surface area contributed by atoms with Crippen molar-refractivity contribution >= 4 is 16.9 Å². The Morgan fingerprint density at radius 1 is 1.22 bits per heavy atom. The highest BCUT2D eigenvalue weighted by Crippen LogP contribution is 2.44. The highest BCUT2D eigenvalue weighted by Gasteiger charge is 2.30. The number of carboxylic acid groups (broad SMARTS) is 1. The fourth-order valence-corrected chi connectivity index (χ4v) is 4.61. The summed E-state index contributed by atoms with van der Waals surface area (Å²) in [6.07, 6.45) is 2.81. The van der Waals surface area contributed by atoms with Gasteiger partial charge in [-0.1, -0.05) is 12.1 Å². The molecule has 1 aromatic heterocycles. The van der Waals surface area contributed by atoms with Gasteiger partial charge in [-0.15, -0.1) is 0 Å². The third-order valence-corrected chi connectivity index (χ3v) is 6.51. The topological polar surface area (TPSA) is 71.8 Å². The normalized spacial score (nSPS) is 18.3. The zero-order chi connectivity index (χ0) is 22.7. The van der Waals surface area contributed by atoms with E-state index in [0.29, 0.717) is 11.1 Å². The van der Waals surface area contributed by atoms with Crippen LogP contribution < -0.4 is 10.2 Å². The lowest BCUT2D eigenvalue weighted by Crippen LogP contribution is -2.19. The van der Waals surface area contributed by atoms with Gasteiger partial charge < -0.3 is 14.4 Å². The fraction of sp³-hybridized carbons (Fsp3) is 0.333. The van der Waals surface area contributed by atoms with Gasteiger partial charge >= 0.3 is 12.6 Å². The summed E-state index contributed by atoms with van der Waals surface area (Å²) in [6.45, 7) is -0.235. The molecule has 1 unspecified atom stereocenters. The van der Waals surface area contributed by atoms with E-state index in [-0.39, 0.29) is 34.3 Å². The number of hydrogen-bond acceptors (Lipinski definition) is 4. The number of carboxylic acids is 1. The molecule has 1 aliphatic carbocycles. The van der Waals surface area contributed by atoms with Crippen molar-refractivity contribution in [3.8, 4) is 16.9 Å². The zero-order valence-corrected chi connectivity index (χ0v) is 17.6. The van der Waals surface area contributed by atoms with Gasteiger partial charge in [0.05, 0.1) is 10.9 Å². The van der Waals surface area contributed by atoms with Gasteiger partial charge in [0, 0.05) is 30.4 Å². The van der Waals surface area contributed by atoms with Crippen LogP contribution in [0.5, 0.6) is 5.75 Å². The third kappa shape index (κ3) is 3.26. The van der Waals surface area contributed by atoms with Gasteiger partial charge in [-0.3, -0.25) is 9.69 Å². The predicted octanol–water partition coefficient (Wildman–Crippen LogP) is 4.81. The summed E-state index contributed by atoms with van der Waals surface area (Å²) >= 11 is 0. The Labute approximate surface area is 182 Å². The summed E-state index contributed by atoms with van der Waals surface area (Å²) in [6, 6.07) is 9.13. The van der Waals surface area contributed by atoms with Crippen LogP contribution in [0.1, 0.15) is 53.3 Å². The molecule has 0 bridgehead atoms. The van der Waals surface area contributed by atoms with E-state index in [2.05, 4.69) is 11.8 Å². The first-order valence-electron chi connectivity index (χ1n) is 10.5. The van der Waals surface area contributed by atoms with Gasteiger partial charge in [-0.25, -0.2) is 4.79 Å². The SMILES string of the molecule is CC1c2ccc(-c3ccc4c(=O)c(C(=O)O)cn(C5CC5)c4c3OC(F)F)cc2CN1C. The van der Waals surface area contributed by atoms with Crippen molar-refractivity contribution in [3.05, 3.63) is 63.4 Å². The Morgan fingerprint density at radius 2 is 1.97 bits per heavy atom. The van der Waals surface area contributed by atoms with Crippen molar-refractivity contribution in [2.45, 2.75) is 45.0 Å². The number of nitrogens with zero attached hydrogens (tertiary/aromatic N) is 2. The van der Waals surface area contributed by atoms with Crippen LogP contribution in [0.25, 0.3) is 22.0 Å². The molecule has 0 spiro atoms. The minimum atomic E-state index is -3.10. The van der Waals surface area contributed by atoms with Gasteiger partial charge in [0.25, 0.3) is 0 Å². The minimum Gasteiger partial charge on any atom is -0.477 e. The van der Waals surface area contributed by atoms with Crippen LogP contribution in [-0.2, 0) is 6.54 Å². The van der Waals surface area contributed by atoms with E-state index in [1.165, 1.54) is 17.8 Å². The minimum absolute atomic E-state index is 0.0546. The van der Waals surface area contributed by atoms with Gasteiger partial charge in [-0.05, 0) is 61.7 Å². The number of benzene rings is 2. The highest BCUT2D eigenvalue weighted by molar-refractivity contribution is 5.97. The fourth-order valence-electron chi connectivity index (χ4n) is 4.61. The Bertz CT molecular complexity index is 1310. The second kappa shape index (κ2) is 7.41. The molecule has 1 N–H and O–H groups in total. The lowest BCUT2D eigenvalue weighted by Gasteiger charge is -2.19. The molecule has 1 fully saturated rings. The second-order valence-electron chi connectivity index (χ2n) is 8.54. The van der Waals surface area contributed by atoms with Gasteiger partial charge in [0.15, 0.2) is 5.75 Å². The maximum atomic E-state index is 13.5. The number of aromatic nitrogens is 1. The van der Waals surface area contributed by atoms with Crippen molar-refractivity contribution < 1.29 is 23.4 Å². The largest absolute Gasteiger partial charge is 0.477 e. The van der Waals surface area contributed by atoms with Crippen LogP contribution in [0, 0.1) is 0 Å². The van der Waals surface area contributed by atoms with E-state index in [9.17, 15) is 23.5 Å². The Hall–Kier alpha value is -3.26. The maximum Gasteiger partial charge on any atom is 0.387 e. The molecule has 0 amide bonds. The van der Waals surface area contributed by atoms with E-state index < -0.39 is 18.0 Å². The van der Waals surface area contributed by atoms with Crippen LogP contribution in [0.4, 0.5) is 8.78 Å². The van der Waals surface area contributed by atoms with Crippen molar-refractivity contribution in [2.75, 3.05) is 7.05 Å². The molecule has 6 nitrogen and oxygen atoms in total. The Kier molecular flexibility index (Phi) is 4.78. The number of carbonyl (C=O) groups is 1. The van der Waals surface area contributed by atoms with Crippen molar-refractivity contribution in [2.24, 2.45) is 0 Å². The van der Waals surface area contributed by atoms with Crippen LogP contribution in [0.2, 0.25) is 0 Å². The van der Waals surface area contributed by atoms with E-state index in [1.54, 1.807) is 10.6 Å². The van der Waals surface area contributed by atoms with E-state index in [4.69, 9.17) is 4.74 Å². The Balaban J connectivity index is 1.79. The molecular formula is C24H22F2N2O4. The first-order valence-corrected chi connectivity index (χ1v) is 10.5. The number of alkyl halides is 2. The number of hydrogen-bond donors (Lipinski definition) is 1. The summed E-state index contributed by atoms with van der Waals surface area (Å²) in [5, 5.41) is 9.52. The first-order chi connectivity index (χ1) is 15.3. The second-order valence-corrected chi connectivity index (χ2v) is 8.54. The molecular weight excluding hydrogens is 418 g/mol. The highest BCUT2D eigenvalue weighted by atomic mass is 19.3. The zero-order valence-electron chi connectivity index (χ0n) is 17.6. The average Bonchev–Trinajstić information content (AvgIpc) is 3.54. The molecule has 3 aromatic rings. The molecule has 5 rings (SSSR count). The molecule has 0 saturated heterocycles. The average molecular weight is 440 g/mol. The standard InChI is InChI=1S/C24H22F2N2O4/c1-12-16-6-3-13(9-14(16)10-27(12)2)17-7-8-18-20(22(17)32-24(25)26)28(15-4-5-15)11-19(21(18)29)23(30)31/h3,6-9,11-12,15,24H,4-5,10H2,1-2H3,(H,30,31). The molecule has 0 radical (unpaired) electrons. The number of fused-ring (bicyclic) bond motifs is 2. The summed E-state index contributed by atoms with van der Waals surface area (Å²) in [5.41, 5.74) is 2.58. The van der Waals surface area contributed by atoms with Gasteiger partial charge in [-0.2, -0.15) is 8.78 Å². The van der Waals surface area contributed by atoms with Gasteiger partial charge in [0.2, 0.25) is 5.43 Å². The monoisotopic (exact) mass is 440 g/mol. The van der Waals surface area contributed by atoms with Crippen LogP contribution in [-0.4, -0.2) is 34.2 Å². The summed E-state index contributed by atoms with van der Waals surface area (Å²) in [7, 11) is 2.03. The lowest BCUT2D eigenvalue weighted by molar-refractivity contribution is -0.0486. The number of rotatable bonds is 5. The molecule has 8 heteroatoms. The summed E-state index contributed by atoms with van der Waals surface area (Å²) in [4.78, 5) is 26.6. The van der Waals surface area contributed by atoms with Crippen molar-refractivity contribution in [1.82, 2.24) is 9.47 Å². The molecule has 32 heavy (non-hydrogen) atoms. The van der Waals surface area contributed by atoms with Crippen molar-refractivity contribution in [3.63, 3.8) is 0 Å². The molecule has 1 saturated carbocycles. The number of aromatic carboxylic acids is 1. The van der Waals surface area contributed by atoms with Crippen LogP contribution >= 0.6 is 0 Å². The molecule has 2 aliphatic rings.